The van der Waals surface area contributed by atoms with Crippen LogP contribution >= 0.6 is 25.8 Å². The topological polar surface area (TPSA) is 284 Å². The molecule has 0 spiro atoms. The summed E-state index contributed by atoms with van der Waals surface area (Å²) >= 11 is 9.50. The Morgan fingerprint density at radius 1 is 0.818 bits per heavy atom. The first-order valence-corrected chi connectivity index (χ1v) is 18.2. The molecule has 20 nitrogen and oxygen atoms in total. The molecule has 9 N–H and O–H groups in total. The Kier molecular flexibility index (Phi) is 7.64. The first-order valence-electron chi connectivity index (χ1n) is 12.9. The summed E-state index contributed by atoms with van der Waals surface area (Å²) in [6.07, 6.45) is -0.759. The molecule has 24 heteroatoms. The molecule has 0 bridgehead atoms. The molecule has 0 saturated carbocycles. The van der Waals surface area contributed by atoms with Crippen LogP contribution < -0.4 is 22.9 Å². The van der Waals surface area contributed by atoms with E-state index in [0.717, 1.165) is 0 Å². The first-order chi connectivity index (χ1) is 20.9. The highest BCUT2D eigenvalue weighted by atomic mass is 32.7. The number of nitrogens with zero attached hydrogens (tertiary/aromatic N) is 8. The van der Waals surface area contributed by atoms with Gasteiger partial charge in [-0.15, -0.1) is 0 Å². The van der Waals surface area contributed by atoms with Crippen LogP contribution in [0.4, 0.5) is 11.6 Å². The monoisotopic (exact) mass is 688 g/mol. The van der Waals surface area contributed by atoms with Gasteiger partial charge in [0.1, 0.15) is 48.1 Å². The number of hydrogen-bond acceptors (Lipinski definition) is 18. The van der Waals surface area contributed by atoms with Gasteiger partial charge in [0, 0.05) is 0 Å². The van der Waals surface area contributed by atoms with Gasteiger partial charge in [-0.05, 0) is 11.8 Å². The van der Waals surface area contributed by atoms with Crippen molar-refractivity contribution < 1.29 is 37.0 Å². The Bertz CT molecular complexity index is 1700. The predicted octanol–water partition coefficient (Wildman–Crippen LogP) is -0.648. The average molecular weight is 689 g/mol. The molecule has 0 amide bonds. The average Bonchev–Trinajstić information content (AvgIpc) is 3.73. The van der Waals surface area contributed by atoms with Crippen molar-refractivity contribution in [2.45, 2.75) is 49.0 Å². The maximum Gasteiger partial charge on any atom is 0.386 e. The summed E-state index contributed by atoms with van der Waals surface area (Å²) in [5.74, 6) is 0.315. The zero-order valence-corrected chi connectivity index (χ0v) is 25.8. The molecule has 7 heterocycles. The minimum Gasteiger partial charge on any atom is -0.382 e. The summed E-state index contributed by atoms with van der Waals surface area (Å²) in [6.45, 7) is -8.91. The molecule has 3 saturated heterocycles. The fraction of sp³-hybridized carbons (Fsp3) is 0.500. The van der Waals surface area contributed by atoms with E-state index in [4.69, 9.17) is 62.3 Å². The van der Waals surface area contributed by atoms with Gasteiger partial charge in [0.15, 0.2) is 35.4 Å². The molecule has 4 unspecified atom stereocenters. The number of ether oxygens (including phenoxy) is 2. The zero-order valence-electron chi connectivity index (χ0n) is 22.3. The lowest BCUT2D eigenvalue weighted by Crippen LogP contribution is -2.43. The number of imidazole rings is 2. The third-order valence-electron chi connectivity index (χ3n) is 7.41. The SMILES string of the molecule is Nc1ncnc2c1ncn2[C@@H]1O[C@@H]2COP(O)(=S)OC3[C@@H](COP(=O)(S)OC2[C@@H]1N)O[C@@H](n1cnc2c(N)ncnc21)[C@H]3N. The predicted molar refractivity (Wildman–Crippen MR) is 158 cm³/mol. The Labute approximate surface area is 257 Å². The lowest BCUT2D eigenvalue weighted by Gasteiger charge is -2.30. The molecule has 0 radical (unpaired) electrons. The van der Waals surface area contributed by atoms with Crippen molar-refractivity contribution in [3.05, 3.63) is 25.3 Å². The van der Waals surface area contributed by atoms with Crippen molar-refractivity contribution in [2.75, 3.05) is 24.7 Å². The van der Waals surface area contributed by atoms with Gasteiger partial charge >= 0.3 is 13.5 Å². The van der Waals surface area contributed by atoms with Gasteiger partial charge in [-0.3, -0.25) is 18.2 Å². The summed E-state index contributed by atoms with van der Waals surface area (Å²) in [7, 11) is 0. The second-order valence-electron chi connectivity index (χ2n) is 10.1. The number of aromatic nitrogens is 8. The highest BCUT2D eigenvalue weighted by Crippen LogP contribution is 2.58. The second-order valence-corrected chi connectivity index (χ2v) is 15.8. The molecule has 3 fully saturated rings. The Morgan fingerprint density at radius 2 is 1.30 bits per heavy atom. The Balaban J connectivity index is 1.17. The molecule has 10 atom stereocenters. The molecule has 44 heavy (non-hydrogen) atoms. The van der Waals surface area contributed by atoms with E-state index in [1.165, 1.54) is 34.4 Å². The quantitative estimate of drug-likeness (QED) is 0.113. The number of fused-ring (bicyclic) bond motifs is 4. The normalized spacial score (nSPS) is 38.3. The van der Waals surface area contributed by atoms with Crippen molar-refractivity contribution in [1.29, 1.82) is 0 Å². The van der Waals surface area contributed by atoms with E-state index in [9.17, 15) is 9.46 Å². The van der Waals surface area contributed by atoms with Gasteiger partial charge in [0.2, 0.25) is 0 Å². The molecule has 0 aromatic carbocycles. The van der Waals surface area contributed by atoms with E-state index in [1.807, 2.05) is 0 Å². The number of nitrogens with two attached hydrogens (primary N) is 4. The van der Waals surface area contributed by atoms with Crippen LogP contribution in [-0.2, 0) is 43.9 Å². The highest BCUT2D eigenvalue weighted by molar-refractivity contribution is 8.44. The lowest BCUT2D eigenvalue weighted by atomic mass is 10.1. The molecule has 4 aromatic heterocycles. The van der Waals surface area contributed by atoms with Crippen LogP contribution in [0.2, 0.25) is 0 Å². The van der Waals surface area contributed by atoms with Gasteiger partial charge < -0.3 is 46.3 Å². The van der Waals surface area contributed by atoms with Crippen molar-refractivity contribution in [2.24, 2.45) is 11.5 Å². The van der Waals surface area contributed by atoms with E-state index in [2.05, 4.69) is 42.2 Å². The minimum absolute atomic E-state index is 0.157. The summed E-state index contributed by atoms with van der Waals surface area (Å²) < 4.78 is 51.9. The van der Waals surface area contributed by atoms with Crippen molar-refractivity contribution >= 4 is 71.5 Å². The molecular formula is C20H26N12O8P2S2. The van der Waals surface area contributed by atoms with Crippen LogP contribution in [0.5, 0.6) is 0 Å². The van der Waals surface area contributed by atoms with Gasteiger partial charge in [-0.25, -0.2) is 34.5 Å². The third kappa shape index (κ3) is 5.28. The van der Waals surface area contributed by atoms with Crippen LogP contribution in [-0.4, -0.2) is 93.6 Å². The molecule has 7 rings (SSSR count). The Hall–Kier alpha value is -2.43. The molecule has 236 valence electrons. The highest BCUT2D eigenvalue weighted by Gasteiger charge is 2.52. The largest absolute Gasteiger partial charge is 0.386 e. The summed E-state index contributed by atoms with van der Waals surface area (Å²) in [4.78, 5) is 35.9. The van der Waals surface area contributed by atoms with Crippen LogP contribution in [0, 0.1) is 0 Å². The molecule has 4 aromatic rings. The molecule has 0 aliphatic carbocycles. The number of nitrogen functional groups attached to an aromatic ring is 2. The molecule has 3 aliphatic heterocycles. The van der Waals surface area contributed by atoms with E-state index in [1.54, 1.807) is 0 Å². The van der Waals surface area contributed by atoms with Gasteiger partial charge in [-0.2, -0.15) is 0 Å². The zero-order chi connectivity index (χ0) is 31.0. The first kappa shape index (κ1) is 30.2. The number of thiol groups is 1. The van der Waals surface area contributed by atoms with Gasteiger partial charge in [0.25, 0.3) is 0 Å². The maximum atomic E-state index is 13.5. The van der Waals surface area contributed by atoms with Gasteiger partial charge in [-0.1, -0.05) is 12.2 Å². The van der Waals surface area contributed by atoms with E-state index in [0.29, 0.717) is 22.3 Å². The van der Waals surface area contributed by atoms with Crippen LogP contribution in [0.3, 0.4) is 0 Å². The van der Waals surface area contributed by atoms with E-state index in [-0.39, 0.29) is 18.2 Å². The van der Waals surface area contributed by atoms with Crippen molar-refractivity contribution in [1.82, 2.24) is 39.0 Å². The summed E-state index contributed by atoms with van der Waals surface area (Å²) in [5, 5.41) is 0. The van der Waals surface area contributed by atoms with Crippen LogP contribution in [0.25, 0.3) is 22.3 Å². The number of hydrogen-bond donors (Lipinski definition) is 6. The second kappa shape index (κ2) is 11.1. The minimum atomic E-state index is -4.14. The van der Waals surface area contributed by atoms with Crippen LogP contribution in [0.1, 0.15) is 12.5 Å². The standard InChI is InChI=1S/C20H26N12O8P2S2/c21-9-13-7(37-19(9)31-5-29-11-15(23)25-3-27-17(11)31)1-35-41(33,43)40-14-8(2-36-42(34,44)39-13)38-20(10(14)22)32-6-30-12-16(24)26-4-28-18(12)32/h3-10,13-14,19-20H,1-2,21-22H2,(H,33,43)(H,34,44)(H2,23,25,27)(H2,24,26,28)/t7-,8-,9+,10+,13?,14?,19-,20-,41?,42?/m1/s1. The summed E-state index contributed by atoms with van der Waals surface area (Å²) in [5.41, 5.74) is 26.2. The summed E-state index contributed by atoms with van der Waals surface area (Å²) in [6, 6.07) is -1.94. The molecular weight excluding hydrogens is 662 g/mol. The lowest BCUT2D eigenvalue weighted by molar-refractivity contribution is -0.0558. The fourth-order valence-corrected chi connectivity index (χ4v) is 8.35. The van der Waals surface area contributed by atoms with Crippen LogP contribution in [0.15, 0.2) is 25.3 Å². The fourth-order valence-electron chi connectivity index (χ4n) is 5.38. The van der Waals surface area contributed by atoms with E-state index >= 15 is 0 Å². The molecule has 3 aliphatic rings. The number of anilines is 2. The Morgan fingerprint density at radius 3 is 1.82 bits per heavy atom. The number of rotatable bonds is 2. The van der Waals surface area contributed by atoms with Gasteiger partial charge in [0.05, 0.1) is 38.0 Å². The smallest absolute Gasteiger partial charge is 0.382 e. The van der Waals surface area contributed by atoms with E-state index < -0.39 is 69.1 Å². The maximum absolute atomic E-state index is 13.5. The van der Waals surface area contributed by atoms with Crippen molar-refractivity contribution in [3.63, 3.8) is 0 Å². The van der Waals surface area contributed by atoms with Crippen molar-refractivity contribution in [3.8, 4) is 0 Å². The third-order valence-corrected chi connectivity index (χ3v) is 10.6.